The second-order valence-electron chi connectivity index (χ2n) is 5.56. The lowest BCUT2D eigenvalue weighted by Crippen LogP contribution is -2.32. The number of halogens is 1. The lowest BCUT2D eigenvalue weighted by atomic mass is 10.0. The van der Waals surface area contributed by atoms with Crippen molar-refractivity contribution >= 4 is 27.6 Å². The van der Waals surface area contributed by atoms with Crippen LogP contribution in [-0.4, -0.2) is 26.7 Å². The van der Waals surface area contributed by atoms with E-state index in [1.165, 1.54) is 7.11 Å². The number of likely N-dealkylation sites (N-methyl/N-ethyl adjacent to an activating group) is 1. The van der Waals surface area contributed by atoms with E-state index in [1.807, 2.05) is 37.4 Å². The van der Waals surface area contributed by atoms with Crippen molar-refractivity contribution in [2.24, 2.45) is 0 Å². The Balaban J connectivity index is 1.95. The van der Waals surface area contributed by atoms with Gasteiger partial charge in [-0.2, -0.15) is 0 Å². The zero-order valence-electron chi connectivity index (χ0n) is 13.1. The number of fused-ring (bicyclic) bond motifs is 1. The number of benzene rings is 2. The molecule has 0 N–H and O–H groups in total. The number of para-hydroxylation sites is 1. The van der Waals surface area contributed by atoms with Crippen LogP contribution in [-0.2, 0) is 16.0 Å². The molecular formula is C18H18BrNO3. The highest BCUT2D eigenvalue weighted by Crippen LogP contribution is 2.40. The molecule has 0 bridgehead atoms. The Morgan fingerprint density at radius 1 is 1.35 bits per heavy atom. The lowest BCUT2D eigenvalue weighted by molar-refractivity contribution is -0.139. The number of carbonyl (C=O) groups is 1. The van der Waals surface area contributed by atoms with Crippen molar-refractivity contribution in [3.8, 4) is 5.75 Å². The predicted molar refractivity (Wildman–Crippen MR) is 92.9 cm³/mol. The predicted octanol–water partition coefficient (Wildman–Crippen LogP) is 3.73. The van der Waals surface area contributed by atoms with Gasteiger partial charge in [-0.3, -0.25) is 4.79 Å². The maximum absolute atomic E-state index is 11.6. The molecule has 4 nitrogen and oxygen atoms in total. The molecule has 0 fully saturated rings. The Kier molecular flexibility index (Phi) is 4.57. The van der Waals surface area contributed by atoms with Gasteiger partial charge in [-0.1, -0.05) is 40.2 Å². The molecule has 0 aliphatic carbocycles. The fraction of sp³-hybridized carbons (Fsp3) is 0.278. The van der Waals surface area contributed by atoms with Crippen LogP contribution in [0.15, 0.2) is 46.9 Å². The van der Waals surface area contributed by atoms with Gasteiger partial charge in [0.05, 0.1) is 25.8 Å². The third-order valence-corrected chi connectivity index (χ3v) is 4.46. The second-order valence-corrected chi connectivity index (χ2v) is 6.48. The van der Waals surface area contributed by atoms with E-state index in [2.05, 4.69) is 33.0 Å². The van der Waals surface area contributed by atoms with Gasteiger partial charge in [-0.15, -0.1) is 0 Å². The number of carbonyl (C=O) groups excluding carboxylic acids is 1. The molecular weight excluding hydrogens is 358 g/mol. The Labute approximate surface area is 144 Å². The van der Waals surface area contributed by atoms with E-state index in [9.17, 15) is 4.79 Å². The lowest BCUT2D eigenvalue weighted by Gasteiger charge is -2.35. The molecule has 0 saturated heterocycles. The topological polar surface area (TPSA) is 38.8 Å². The molecule has 0 saturated carbocycles. The Morgan fingerprint density at radius 3 is 2.87 bits per heavy atom. The first-order valence-electron chi connectivity index (χ1n) is 7.40. The van der Waals surface area contributed by atoms with Crippen molar-refractivity contribution < 1.29 is 14.3 Å². The molecule has 0 spiro atoms. The zero-order chi connectivity index (χ0) is 16.4. The Bertz CT molecular complexity index is 732. The highest BCUT2D eigenvalue weighted by Gasteiger charge is 2.27. The number of nitrogens with zero attached hydrogens (tertiary/aromatic N) is 1. The molecule has 2 aromatic carbocycles. The minimum Gasteiger partial charge on any atom is -0.481 e. The summed E-state index contributed by atoms with van der Waals surface area (Å²) in [7, 11) is 3.43. The van der Waals surface area contributed by atoms with Crippen LogP contribution in [0, 0.1) is 0 Å². The third-order valence-electron chi connectivity index (χ3n) is 3.97. The molecule has 1 atom stereocenters. The highest BCUT2D eigenvalue weighted by molar-refractivity contribution is 9.10. The van der Waals surface area contributed by atoms with Crippen molar-refractivity contribution in [2.45, 2.75) is 12.5 Å². The van der Waals surface area contributed by atoms with Crippen molar-refractivity contribution in [3.05, 3.63) is 58.1 Å². The molecule has 3 rings (SSSR count). The number of hydrogen-bond acceptors (Lipinski definition) is 4. The first-order valence-corrected chi connectivity index (χ1v) is 8.19. The molecule has 5 heteroatoms. The molecule has 23 heavy (non-hydrogen) atoms. The summed E-state index contributed by atoms with van der Waals surface area (Å²) in [6.45, 7) is 0.755. The number of hydrogen-bond donors (Lipinski definition) is 0. The van der Waals surface area contributed by atoms with Gasteiger partial charge in [0.1, 0.15) is 11.9 Å². The normalized spacial score (nSPS) is 16.5. The summed E-state index contributed by atoms with van der Waals surface area (Å²) in [6, 6.07) is 14.0. The van der Waals surface area contributed by atoms with Crippen LogP contribution in [0.4, 0.5) is 5.69 Å². The first-order chi connectivity index (χ1) is 11.1. The van der Waals surface area contributed by atoms with Crippen LogP contribution in [0.5, 0.6) is 5.75 Å². The fourth-order valence-corrected chi connectivity index (χ4v) is 3.20. The summed E-state index contributed by atoms with van der Waals surface area (Å²) in [5.41, 5.74) is 2.95. The summed E-state index contributed by atoms with van der Waals surface area (Å²) >= 11 is 3.50. The molecule has 120 valence electrons. The Morgan fingerprint density at radius 2 is 2.13 bits per heavy atom. The third kappa shape index (κ3) is 3.34. The molecule has 1 aliphatic heterocycles. The van der Waals surface area contributed by atoms with Crippen LogP contribution >= 0.6 is 15.9 Å². The molecule has 0 amide bonds. The van der Waals surface area contributed by atoms with E-state index in [1.54, 1.807) is 0 Å². The largest absolute Gasteiger partial charge is 0.481 e. The summed E-state index contributed by atoms with van der Waals surface area (Å²) in [5.74, 6) is 0.492. The van der Waals surface area contributed by atoms with Gasteiger partial charge in [0.2, 0.25) is 0 Å². The fourth-order valence-electron chi connectivity index (χ4n) is 2.78. The summed E-state index contributed by atoms with van der Waals surface area (Å²) in [5, 5.41) is 0. The van der Waals surface area contributed by atoms with Crippen molar-refractivity contribution in [1.29, 1.82) is 0 Å². The standard InChI is InChI=1S/C18H18BrNO3/c1-20-11-16(12-5-3-7-14(19)9-12)23-18-13(10-17(21)22-2)6-4-8-15(18)20/h3-9,16H,10-11H2,1-2H3. The van der Waals surface area contributed by atoms with E-state index in [0.29, 0.717) is 0 Å². The maximum Gasteiger partial charge on any atom is 0.310 e. The number of esters is 1. The quantitative estimate of drug-likeness (QED) is 0.766. The van der Waals surface area contributed by atoms with Crippen LogP contribution in [0.25, 0.3) is 0 Å². The van der Waals surface area contributed by atoms with Crippen molar-refractivity contribution in [1.82, 2.24) is 0 Å². The second kappa shape index (κ2) is 6.62. The monoisotopic (exact) mass is 375 g/mol. The van der Waals surface area contributed by atoms with E-state index in [0.717, 1.165) is 33.6 Å². The number of methoxy groups -OCH3 is 1. The van der Waals surface area contributed by atoms with Gasteiger partial charge in [-0.05, 0) is 23.8 Å². The van der Waals surface area contributed by atoms with Gasteiger partial charge in [0.15, 0.2) is 0 Å². The summed E-state index contributed by atoms with van der Waals surface area (Å²) < 4.78 is 12.1. The highest BCUT2D eigenvalue weighted by atomic mass is 79.9. The van der Waals surface area contributed by atoms with Crippen LogP contribution in [0.2, 0.25) is 0 Å². The smallest absolute Gasteiger partial charge is 0.310 e. The minimum absolute atomic E-state index is 0.0798. The number of rotatable bonds is 3. The molecule has 1 heterocycles. The van der Waals surface area contributed by atoms with Crippen molar-refractivity contribution in [3.63, 3.8) is 0 Å². The Hall–Kier alpha value is -2.01. The SMILES string of the molecule is COC(=O)Cc1cccc2c1OC(c1cccc(Br)c1)CN2C. The van der Waals surface area contributed by atoms with Gasteiger partial charge in [-0.25, -0.2) is 0 Å². The average molecular weight is 376 g/mol. The van der Waals surface area contributed by atoms with Crippen LogP contribution in [0.1, 0.15) is 17.2 Å². The summed E-state index contributed by atoms with van der Waals surface area (Å²) in [4.78, 5) is 13.8. The van der Waals surface area contributed by atoms with E-state index >= 15 is 0 Å². The number of anilines is 1. The molecule has 0 aromatic heterocycles. The van der Waals surface area contributed by atoms with Crippen LogP contribution in [0.3, 0.4) is 0 Å². The summed E-state index contributed by atoms with van der Waals surface area (Å²) in [6.07, 6.45) is 0.127. The first kappa shape index (κ1) is 15.9. The van der Waals surface area contributed by atoms with Gasteiger partial charge >= 0.3 is 5.97 Å². The van der Waals surface area contributed by atoms with E-state index in [4.69, 9.17) is 9.47 Å². The van der Waals surface area contributed by atoms with E-state index in [-0.39, 0.29) is 18.5 Å². The molecule has 1 aliphatic rings. The van der Waals surface area contributed by atoms with Crippen molar-refractivity contribution in [2.75, 3.05) is 25.6 Å². The zero-order valence-corrected chi connectivity index (χ0v) is 14.7. The number of ether oxygens (including phenoxy) is 2. The maximum atomic E-state index is 11.6. The van der Waals surface area contributed by atoms with Gasteiger partial charge in [0, 0.05) is 17.1 Å². The average Bonchev–Trinajstić information content (AvgIpc) is 2.55. The molecule has 1 unspecified atom stereocenters. The molecule has 2 aromatic rings. The van der Waals surface area contributed by atoms with Gasteiger partial charge < -0.3 is 14.4 Å². The van der Waals surface area contributed by atoms with Crippen LogP contribution < -0.4 is 9.64 Å². The van der Waals surface area contributed by atoms with E-state index < -0.39 is 0 Å². The van der Waals surface area contributed by atoms with Gasteiger partial charge in [0.25, 0.3) is 0 Å². The minimum atomic E-state index is -0.269. The molecule has 0 radical (unpaired) electrons.